The van der Waals surface area contributed by atoms with Gasteiger partial charge in [0.15, 0.2) is 0 Å². The van der Waals surface area contributed by atoms with E-state index < -0.39 is 0 Å². The summed E-state index contributed by atoms with van der Waals surface area (Å²) in [4.78, 5) is 13.4. The van der Waals surface area contributed by atoms with Crippen molar-refractivity contribution in [3.8, 4) is 0 Å². The molecule has 0 saturated heterocycles. The van der Waals surface area contributed by atoms with Crippen LogP contribution in [0.15, 0.2) is 40.2 Å². The first-order valence-electron chi connectivity index (χ1n) is 6.54. The molecular weight excluding hydrogens is 372 g/mol. The van der Waals surface area contributed by atoms with Crippen LogP contribution in [0.1, 0.15) is 16.0 Å². The molecule has 2 heterocycles. The second kappa shape index (κ2) is 7.40. The molecule has 2 aromatic rings. The van der Waals surface area contributed by atoms with E-state index in [1.54, 1.807) is 11.3 Å². The topological polar surface area (TPSA) is 41.1 Å². The normalized spacial score (nSPS) is 16.7. The summed E-state index contributed by atoms with van der Waals surface area (Å²) in [5.41, 5.74) is 2.56. The molecule has 0 aliphatic carbocycles. The van der Waals surface area contributed by atoms with Gasteiger partial charge in [0, 0.05) is 11.4 Å². The summed E-state index contributed by atoms with van der Waals surface area (Å²) in [6, 6.07) is 12.2. The molecule has 0 saturated carbocycles. The van der Waals surface area contributed by atoms with E-state index in [2.05, 4.69) is 38.7 Å². The van der Waals surface area contributed by atoms with E-state index in [0.29, 0.717) is 6.54 Å². The minimum Gasteiger partial charge on any atom is -0.350 e. The Kier molecular flexibility index (Phi) is 5.81. The highest BCUT2D eigenvalue weighted by atomic mass is 79.9. The number of hydrogen-bond donors (Lipinski definition) is 2. The molecule has 1 aromatic heterocycles. The molecule has 1 unspecified atom stereocenters. The molecule has 3 rings (SSSR count). The number of carbonyl (C=O) groups is 1. The Morgan fingerprint density at radius 1 is 1.29 bits per heavy atom. The van der Waals surface area contributed by atoms with Crippen molar-refractivity contribution < 1.29 is 4.79 Å². The molecule has 0 fully saturated rings. The van der Waals surface area contributed by atoms with Crippen LogP contribution in [0.25, 0.3) is 0 Å². The minimum absolute atomic E-state index is 0. The van der Waals surface area contributed by atoms with Crippen LogP contribution in [0.2, 0.25) is 0 Å². The lowest BCUT2D eigenvalue weighted by Gasteiger charge is -2.25. The van der Waals surface area contributed by atoms with Gasteiger partial charge in [0.25, 0.3) is 0 Å². The van der Waals surface area contributed by atoms with Crippen LogP contribution in [0, 0.1) is 0 Å². The second-order valence-corrected chi connectivity index (χ2v) is 7.38. The minimum atomic E-state index is -0.131. The highest BCUT2D eigenvalue weighted by Crippen LogP contribution is 2.22. The highest BCUT2D eigenvalue weighted by Gasteiger charge is 2.23. The van der Waals surface area contributed by atoms with Crippen LogP contribution in [0.5, 0.6) is 0 Å². The quantitative estimate of drug-likeness (QED) is 0.849. The summed E-state index contributed by atoms with van der Waals surface area (Å²) in [6.45, 7) is 1.35. The molecule has 1 atom stereocenters. The van der Waals surface area contributed by atoms with Crippen LogP contribution in [0.3, 0.4) is 0 Å². The Morgan fingerprint density at radius 2 is 2.05 bits per heavy atom. The van der Waals surface area contributed by atoms with E-state index in [-0.39, 0.29) is 24.4 Å². The average Bonchev–Trinajstić information content (AvgIpc) is 2.90. The van der Waals surface area contributed by atoms with Crippen LogP contribution >= 0.6 is 39.7 Å². The standard InChI is InChI=1S/C15H15BrN2OS.ClH/c16-14-6-5-12(20-14)9-18-15(19)13-7-10-3-1-2-4-11(10)8-17-13;/h1-6,13,17H,7-9H2,(H,18,19);1H. The zero-order valence-corrected chi connectivity index (χ0v) is 14.5. The van der Waals surface area contributed by atoms with Crippen LogP contribution in [-0.4, -0.2) is 11.9 Å². The largest absolute Gasteiger partial charge is 0.350 e. The summed E-state index contributed by atoms with van der Waals surface area (Å²) in [6.07, 6.45) is 0.760. The third-order valence-electron chi connectivity index (χ3n) is 3.46. The number of fused-ring (bicyclic) bond motifs is 1. The molecular formula is C15H16BrClN2OS. The van der Waals surface area contributed by atoms with Gasteiger partial charge in [-0.05, 0) is 45.6 Å². The molecule has 1 aromatic carbocycles. The van der Waals surface area contributed by atoms with Gasteiger partial charge in [0.05, 0.1) is 16.4 Å². The second-order valence-electron chi connectivity index (χ2n) is 4.83. The summed E-state index contributed by atoms with van der Waals surface area (Å²) in [5, 5.41) is 6.30. The van der Waals surface area contributed by atoms with Crippen molar-refractivity contribution in [1.82, 2.24) is 10.6 Å². The third kappa shape index (κ3) is 4.07. The zero-order valence-electron chi connectivity index (χ0n) is 11.3. The van der Waals surface area contributed by atoms with Crippen molar-refractivity contribution in [2.24, 2.45) is 0 Å². The molecule has 0 spiro atoms. The van der Waals surface area contributed by atoms with E-state index in [1.807, 2.05) is 24.3 Å². The molecule has 1 amide bonds. The summed E-state index contributed by atoms with van der Waals surface area (Å²) in [7, 11) is 0. The van der Waals surface area contributed by atoms with Crippen LogP contribution in [-0.2, 0) is 24.3 Å². The SMILES string of the molecule is Cl.O=C(NCc1ccc(Br)s1)C1Cc2ccccc2CN1. The average molecular weight is 388 g/mol. The van der Waals surface area contributed by atoms with E-state index in [4.69, 9.17) is 0 Å². The Balaban J connectivity index is 0.00000161. The molecule has 6 heteroatoms. The fraction of sp³-hybridized carbons (Fsp3) is 0.267. The number of halogens is 2. The maximum Gasteiger partial charge on any atom is 0.237 e. The van der Waals surface area contributed by atoms with Gasteiger partial charge < -0.3 is 10.6 Å². The summed E-state index contributed by atoms with van der Waals surface area (Å²) < 4.78 is 1.09. The maximum absolute atomic E-state index is 12.2. The lowest BCUT2D eigenvalue weighted by molar-refractivity contribution is -0.123. The van der Waals surface area contributed by atoms with Gasteiger partial charge in [0.2, 0.25) is 5.91 Å². The van der Waals surface area contributed by atoms with Gasteiger partial charge in [-0.15, -0.1) is 23.7 Å². The predicted molar refractivity (Wildman–Crippen MR) is 91.9 cm³/mol. The first-order valence-corrected chi connectivity index (χ1v) is 8.15. The van der Waals surface area contributed by atoms with Crippen molar-refractivity contribution in [3.05, 3.63) is 56.2 Å². The number of amides is 1. The van der Waals surface area contributed by atoms with Gasteiger partial charge in [-0.2, -0.15) is 0 Å². The number of nitrogens with one attached hydrogen (secondary N) is 2. The van der Waals surface area contributed by atoms with E-state index in [9.17, 15) is 4.79 Å². The Bertz CT molecular complexity index is 632. The van der Waals surface area contributed by atoms with Crippen molar-refractivity contribution in [3.63, 3.8) is 0 Å². The maximum atomic E-state index is 12.2. The lowest BCUT2D eigenvalue weighted by atomic mass is 9.95. The zero-order chi connectivity index (χ0) is 13.9. The van der Waals surface area contributed by atoms with Crippen molar-refractivity contribution in [2.45, 2.75) is 25.6 Å². The van der Waals surface area contributed by atoms with Crippen molar-refractivity contribution >= 4 is 45.6 Å². The predicted octanol–water partition coefficient (Wildman–Crippen LogP) is 3.26. The molecule has 1 aliphatic rings. The van der Waals surface area contributed by atoms with E-state index in [0.717, 1.165) is 21.6 Å². The first-order chi connectivity index (χ1) is 9.72. The number of benzene rings is 1. The fourth-order valence-electron chi connectivity index (χ4n) is 2.38. The fourth-order valence-corrected chi connectivity index (χ4v) is 3.81. The lowest BCUT2D eigenvalue weighted by Crippen LogP contribution is -2.47. The number of carbonyl (C=O) groups excluding carboxylic acids is 1. The number of hydrogen-bond acceptors (Lipinski definition) is 3. The molecule has 0 bridgehead atoms. The highest BCUT2D eigenvalue weighted by molar-refractivity contribution is 9.11. The number of rotatable bonds is 3. The molecule has 2 N–H and O–H groups in total. The van der Waals surface area contributed by atoms with Gasteiger partial charge in [-0.1, -0.05) is 24.3 Å². The van der Waals surface area contributed by atoms with Gasteiger partial charge in [0.1, 0.15) is 0 Å². The monoisotopic (exact) mass is 386 g/mol. The molecule has 112 valence electrons. The van der Waals surface area contributed by atoms with Gasteiger partial charge in [-0.3, -0.25) is 4.79 Å². The number of thiophene rings is 1. The summed E-state index contributed by atoms with van der Waals surface area (Å²) in [5.74, 6) is 0.0732. The van der Waals surface area contributed by atoms with Crippen molar-refractivity contribution in [1.29, 1.82) is 0 Å². The van der Waals surface area contributed by atoms with Crippen LogP contribution < -0.4 is 10.6 Å². The summed E-state index contributed by atoms with van der Waals surface area (Å²) >= 11 is 5.07. The van der Waals surface area contributed by atoms with E-state index in [1.165, 1.54) is 11.1 Å². The Hall–Kier alpha value is -0.880. The smallest absolute Gasteiger partial charge is 0.237 e. The Morgan fingerprint density at radius 3 is 2.76 bits per heavy atom. The molecule has 0 radical (unpaired) electrons. The molecule has 21 heavy (non-hydrogen) atoms. The van der Waals surface area contributed by atoms with Crippen molar-refractivity contribution in [2.75, 3.05) is 0 Å². The molecule has 1 aliphatic heterocycles. The Labute approximate surface area is 142 Å². The van der Waals surface area contributed by atoms with E-state index >= 15 is 0 Å². The molecule has 3 nitrogen and oxygen atoms in total. The van der Waals surface area contributed by atoms with Gasteiger partial charge in [-0.25, -0.2) is 0 Å². The van der Waals surface area contributed by atoms with Crippen LogP contribution in [0.4, 0.5) is 0 Å². The first kappa shape index (κ1) is 16.5. The van der Waals surface area contributed by atoms with Gasteiger partial charge >= 0.3 is 0 Å². The third-order valence-corrected chi connectivity index (χ3v) is 5.09.